The van der Waals surface area contributed by atoms with E-state index >= 15 is 0 Å². The lowest BCUT2D eigenvalue weighted by molar-refractivity contribution is -0.148. The van der Waals surface area contributed by atoms with Crippen LogP contribution in [0.1, 0.15) is 36.0 Å². The van der Waals surface area contributed by atoms with Gasteiger partial charge in [-0.15, -0.1) is 0 Å². The lowest BCUT2D eigenvalue weighted by Gasteiger charge is -2.12. The Kier molecular flexibility index (Phi) is 6.48. The van der Waals surface area contributed by atoms with Crippen molar-refractivity contribution in [1.82, 2.24) is 15.2 Å². The van der Waals surface area contributed by atoms with Crippen LogP contribution in [0.3, 0.4) is 0 Å². The Balaban J connectivity index is 1.53. The lowest BCUT2D eigenvalue weighted by Crippen LogP contribution is -2.45. The van der Waals surface area contributed by atoms with Crippen LogP contribution in [0.2, 0.25) is 0 Å². The minimum absolute atomic E-state index is 0.0800. The number of ether oxygens (including phenoxy) is 2. The minimum atomic E-state index is -0.707. The topological polar surface area (TPSA) is 116 Å². The van der Waals surface area contributed by atoms with Gasteiger partial charge in [-0.2, -0.15) is 0 Å². The maximum Gasteiger partial charge on any atom is 0.340 e. The number of fused-ring (bicyclic) bond motifs is 1. The molecule has 9 nitrogen and oxygen atoms in total. The van der Waals surface area contributed by atoms with E-state index in [-0.39, 0.29) is 12.6 Å². The van der Waals surface area contributed by atoms with Gasteiger partial charge in [0.1, 0.15) is 6.54 Å². The van der Waals surface area contributed by atoms with Crippen LogP contribution in [0.5, 0.6) is 0 Å². The summed E-state index contributed by atoms with van der Waals surface area (Å²) >= 11 is 0. The fourth-order valence-corrected chi connectivity index (χ4v) is 3.44. The second kappa shape index (κ2) is 9.22. The fourth-order valence-electron chi connectivity index (χ4n) is 3.44. The maximum atomic E-state index is 12.1. The van der Waals surface area contributed by atoms with Crippen molar-refractivity contribution in [3.05, 3.63) is 36.0 Å². The number of methoxy groups -OCH3 is 1. The molecule has 3 rings (SSSR count). The number of nitrogens with one attached hydrogen (secondary N) is 2. The average molecular weight is 401 g/mol. The highest BCUT2D eigenvalue weighted by atomic mass is 16.5. The normalized spacial score (nSPS) is 13.8. The van der Waals surface area contributed by atoms with Gasteiger partial charge in [-0.25, -0.2) is 9.59 Å². The molecular weight excluding hydrogens is 378 g/mol. The molecule has 1 aromatic carbocycles. The molecule has 3 amide bonds. The fraction of sp³-hybridized carbons (Fsp3) is 0.400. The van der Waals surface area contributed by atoms with Crippen molar-refractivity contribution in [2.24, 2.45) is 0 Å². The molecule has 1 aliphatic rings. The van der Waals surface area contributed by atoms with Crippen LogP contribution in [-0.4, -0.2) is 48.2 Å². The highest BCUT2D eigenvalue weighted by Gasteiger charge is 2.20. The average Bonchev–Trinajstić information content (AvgIpc) is 3.34. The Bertz CT molecular complexity index is 929. The number of esters is 2. The van der Waals surface area contributed by atoms with Crippen LogP contribution in [0.25, 0.3) is 10.9 Å². The molecule has 0 unspecified atom stereocenters. The predicted octanol–water partition coefficient (Wildman–Crippen LogP) is 1.74. The molecule has 29 heavy (non-hydrogen) atoms. The van der Waals surface area contributed by atoms with Gasteiger partial charge in [0.05, 0.1) is 12.7 Å². The van der Waals surface area contributed by atoms with Crippen molar-refractivity contribution in [1.29, 1.82) is 0 Å². The first-order chi connectivity index (χ1) is 14.0. The van der Waals surface area contributed by atoms with Crippen molar-refractivity contribution in [2.45, 2.75) is 38.3 Å². The Morgan fingerprint density at radius 2 is 1.86 bits per heavy atom. The number of aromatic nitrogens is 1. The van der Waals surface area contributed by atoms with E-state index in [1.165, 1.54) is 13.3 Å². The first-order valence-corrected chi connectivity index (χ1v) is 9.40. The van der Waals surface area contributed by atoms with Crippen LogP contribution in [0, 0.1) is 0 Å². The molecule has 1 aromatic heterocycles. The van der Waals surface area contributed by atoms with E-state index < -0.39 is 30.5 Å². The van der Waals surface area contributed by atoms with Gasteiger partial charge < -0.3 is 19.4 Å². The Labute approximate surface area is 167 Å². The molecule has 1 saturated carbocycles. The lowest BCUT2D eigenvalue weighted by atomic mass is 10.2. The summed E-state index contributed by atoms with van der Waals surface area (Å²) in [4.78, 5) is 47.6. The summed E-state index contributed by atoms with van der Waals surface area (Å²) in [5.74, 6) is -1.89. The molecule has 0 radical (unpaired) electrons. The van der Waals surface area contributed by atoms with E-state index in [0.29, 0.717) is 16.5 Å². The summed E-state index contributed by atoms with van der Waals surface area (Å²) in [7, 11) is 1.28. The third-order valence-corrected chi connectivity index (χ3v) is 4.80. The summed E-state index contributed by atoms with van der Waals surface area (Å²) in [6.07, 6.45) is 5.42. The number of carbonyl (C=O) groups is 4. The van der Waals surface area contributed by atoms with Crippen LogP contribution >= 0.6 is 0 Å². The van der Waals surface area contributed by atoms with Gasteiger partial charge in [0.15, 0.2) is 6.61 Å². The second-order valence-electron chi connectivity index (χ2n) is 6.84. The highest BCUT2D eigenvalue weighted by molar-refractivity contribution is 6.04. The number of para-hydroxylation sites is 1. The maximum absolute atomic E-state index is 12.1. The quantitative estimate of drug-likeness (QED) is 0.713. The number of rotatable bonds is 6. The standard InChI is InChI=1S/C20H23N3O6/c1-28-19(26)15-10-23(16-9-5-4-8-14(15)16)11-18(25)29-12-17(24)22-20(27)21-13-6-2-3-7-13/h4-5,8-10,13H,2-3,6-7,11-12H2,1H3,(H2,21,22,24,27). The smallest absolute Gasteiger partial charge is 0.340 e. The zero-order valence-electron chi connectivity index (χ0n) is 16.1. The van der Waals surface area contributed by atoms with Crippen LogP contribution in [0.4, 0.5) is 4.79 Å². The van der Waals surface area contributed by atoms with Gasteiger partial charge in [0.2, 0.25) is 0 Å². The van der Waals surface area contributed by atoms with Crippen LogP contribution < -0.4 is 10.6 Å². The number of carbonyl (C=O) groups excluding carboxylic acids is 4. The third kappa shape index (κ3) is 5.13. The molecule has 0 bridgehead atoms. The first kappa shape index (κ1) is 20.4. The van der Waals surface area contributed by atoms with E-state index in [1.54, 1.807) is 28.8 Å². The molecular formula is C20H23N3O6. The Morgan fingerprint density at radius 3 is 2.59 bits per heavy atom. The number of amides is 3. The van der Waals surface area contributed by atoms with E-state index in [2.05, 4.69) is 10.6 Å². The third-order valence-electron chi connectivity index (χ3n) is 4.80. The predicted molar refractivity (Wildman–Crippen MR) is 103 cm³/mol. The summed E-state index contributed by atoms with van der Waals surface area (Å²) in [6, 6.07) is 6.56. The Hall–Kier alpha value is -3.36. The van der Waals surface area contributed by atoms with Gasteiger partial charge in [-0.05, 0) is 18.9 Å². The molecule has 2 N–H and O–H groups in total. The molecule has 0 saturated heterocycles. The first-order valence-electron chi connectivity index (χ1n) is 9.40. The monoisotopic (exact) mass is 401 g/mol. The number of hydrogen-bond donors (Lipinski definition) is 2. The zero-order valence-corrected chi connectivity index (χ0v) is 16.1. The molecule has 1 heterocycles. The van der Waals surface area contributed by atoms with Crippen molar-refractivity contribution >= 4 is 34.8 Å². The van der Waals surface area contributed by atoms with E-state index in [4.69, 9.17) is 9.47 Å². The summed E-state index contributed by atoms with van der Waals surface area (Å²) in [5.41, 5.74) is 0.988. The SMILES string of the molecule is COC(=O)c1cn(CC(=O)OCC(=O)NC(=O)NC2CCCC2)c2ccccc12. The minimum Gasteiger partial charge on any atom is -0.465 e. The van der Waals surface area contributed by atoms with E-state index in [0.717, 1.165) is 25.7 Å². The number of benzene rings is 1. The van der Waals surface area contributed by atoms with Gasteiger partial charge >= 0.3 is 18.0 Å². The second-order valence-corrected chi connectivity index (χ2v) is 6.84. The molecule has 0 aliphatic heterocycles. The molecule has 154 valence electrons. The van der Waals surface area contributed by atoms with Crippen molar-refractivity contribution in [2.75, 3.05) is 13.7 Å². The number of nitrogens with zero attached hydrogens (tertiary/aromatic N) is 1. The van der Waals surface area contributed by atoms with E-state index in [1.807, 2.05) is 0 Å². The van der Waals surface area contributed by atoms with Gasteiger partial charge in [-0.3, -0.25) is 14.9 Å². The van der Waals surface area contributed by atoms with Crippen LogP contribution in [0.15, 0.2) is 30.5 Å². The molecule has 0 spiro atoms. The summed E-state index contributed by atoms with van der Waals surface area (Å²) < 4.78 is 11.3. The zero-order chi connectivity index (χ0) is 20.8. The van der Waals surface area contributed by atoms with Gasteiger partial charge in [-0.1, -0.05) is 31.0 Å². The van der Waals surface area contributed by atoms with Crippen molar-refractivity contribution < 1.29 is 28.7 Å². The summed E-state index contributed by atoms with van der Waals surface area (Å²) in [5, 5.41) is 5.51. The van der Waals surface area contributed by atoms with Crippen molar-refractivity contribution in [3.8, 4) is 0 Å². The Morgan fingerprint density at radius 1 is 1.14 bits per heavy atom. The molecule has 9 heteroatoms. The molecule has 1 aliphatic carbocycles. The molecule has 0 atom stereocenters. The molecule has 2 aromatic rings. The largest absolute Gasteiger partial charge is 0.465 e. The van der Waals surface area contributed by atoms with Gasteiger partial charge in [0, 0.05) is 23.1 Å². The number of urea groups is 1. The highest BCUT2D eigenvalue weighted by Crippen LogP contribution is 2.22. The van der Waals surface area contributed by atoms with E-state index in [9.17, 15) is 19.2 Å². The van der Waals surface area contributed by atoms with Gasteiger partial charge in [0.25, 0.3) is 5.91 Å². The number of imide groups is 1. The number of hydrogen-bond acceptors (Lipinski definition) is 6. The molecule has 1 fully saturated rings. The van der Waals surface area contributed by atoms with Crippen molar-refractivity contribution in [3.63, 3.8) is 0 Å². The van der Waals surface area contributed by atoms with Crippen LogP contribution in [-0.2, 0) is 25.6 Å². The summed E-state index contributed by atoms with van der Waals surface area (Å²) in [6.45, 7) is -0.765.